The molecule has 2 N–H and O–H groups in total. The zero-order valence-corrected chi connectivity index (χ0v) is 20.6. The fraction of sp³-hybridized carbons (Fsp3) is 0.600. The van der Waals surface area contributed by atoms with Crippen LogP contribution in [0.1, 0.15) is 37.6 Å². The summed E-state index contributed by atoms with van der Waals surface area (Å²) in [7, 11) is 5.98. The van der Waals surface area contributed by atoms with Crippen LogP contribution in [-0.2, 0) is 6.54 Å². The number of likely N-dealkylation sites (N-methyl/N-ethyl adjacent to an activating group) is 1. The van der Waals surface area contributed by atoms with E-state index >= 15 is 0 Å². The Kier molecular flexibility index (Phi) is 7.46. The van der Waals surface area contributed by atoms with Crippen molar-refractivity contribution >= 4 is 16.7 Å². The number of hydrazine groups is 1. The van der Waals surface area contributed by atoms with Gasteiger partial charge in [-0.05, 0) is 44.9 Å². The smallest absolute Gasteiger partial charge is 0.126 e. The molecule has 8 heteroatoms. The fourth-order valence-electron chi connectivity index (χ4n) is 5.42. The normalized spacial score (nSPS) is 27.5. The number of aromatic nitrogens is 2. The van der Waals surface area contributed by atoms with Crippen LogP contribution in [0.5, 0.6) is 0 Å². The van der Waals surface area contributed by atoms with Crippen molar-refractivity contribution in [1.82, 2.24) is 30.2 Å². The molecule has 180 valence electrons. The zero-order valence-electron chi connectivity index (χ0n) is 20.6. The van der Waals surface area contributed by atoms with Crippen LogP contribution in [0.15, 0.2) is 29.4 Å². The minimum absolute atomic E-state index is 0.287. The molecular weight excluding hydrogens is 417 g/mol. The molecule has 0 saturated carbocycles. The van der Waals surface area contributed by atoms with Gasteiger partial charge in [0.15, 0.2) is 0 Å². The van der Waals surface area contributed by atoms with E-state index in [1.807, 2.05) is 31.3 Å². The van der Waals surface area contributed by atoms with Crippen LogP contribution in [0.25, 0.3) is 11.0 Å². The SMILES string of the molecule is CCCC1CN(C)CC2CC(CN2)NN(C)/C=C\C(=N/C)c2cc(F)cc3nc(C)n(c23)C1. The number of aryl methyl sites for hydroxylation is 1. The van der Waals surface area contributed by atoms with E-state index in [0.717, 1.165) is 68.1 Å². The first-order valence-corrected chi connectivity index (χ1v) is 12.1. The highest BCUT2D eigenvalue weighted by molar-refractivity contribution is 6.15. The minimum Gasteiger partial charge on any atom is -0.327 e. The van der Waals surface area contributed by atoms with Gasteiger partial charge in [-0.2, -0.15) is 0 Å². The monoisotopic (exact) mass is 455 g/mol. The zero-order chi connectivity index (χ0) is 23.5. The van der Waals surface area contributed by atoms with Crippen LogP contribution >= 0.6 is 0 Å². The van der Waals surface area contributed by atoms with Crippen LogP contribution in [0, 0.1) is 18.7 Å². The van der Waals surface area contributed by atoms with Gasteiger partial charge in [0.1, 0.15) is 11.6 Å². The van der Waals surface area contributed by atoms with Crippen molar-refractivity contribution < 1.29 is 4.39 Å². The third kappa shape index (κ3) is 5.45. The number of imidazole rings is 1. The lowest BCUT2D eigenvalue weighted by atomic mass is 10.0. The van der Waals surface area contributed by atoms with Crippen LogP contribution in [0.4, 0.5) is 4.39 Å². The predicted molar refractivity (Wildman–Crippen MR) is 133 cm³/mol. The summed E-state index contributed by atoms with van der Waals surface area (Å²) in [6.07, 6.45) is 7.29. The highest BCUT2D eigenvalue weighted by atomic mass is 19.1. The largest absolute Gasteiger partial charge is 0.327 e. The van der Waals surface area contributed by atoms with Crippen molar-refractivity contribution in [3.05, 3.63) is 41.6 Å². The third-order valence-electron chi connectivity index (χ3n) is 6.82. The number of allylic oxidation sites excluding steroid dienone is 1. The Labute approximate surface area is 196 Å². The van der Waals surface area contributed by atoms with Crippen LogP contribution in [0.2, 0.25) is 0 Å². The molecule has 1 aromatic carbocycles. The van der Waals surface area contributed by atoms with Gasteiger partial charge in [-0.1, -0.05) is 13.3 Å². The molecule has 1 aromatic heterocycles. The molecule has 2 bridgehead atoms. The second-order valence-electron chi connectivity index (χ2n) is 9.67. The maximum Gasteiger partial charge on any atom is 0.126 e. The van der Waals surface area contributed by atoms with E-state index < -0.39 is 0 Å². The summed E-state index contributed by atoms with van der Waals surface area (Å²) in [6, 6.07) is 3.99. The van der Waals surface area contributed by atoms with Gasteiger partial charge in [-0.3, -0.25) is 4.99 Å². The molecule has 3 atom stereocenters. The standard InChI is InChI=1S/C25H38FN7/c1-6-7-18-14-31(4)16-21-12-20(13-28-21)30-32(5)9-8-23(27-3)22-10-19(26)11-24-25(22)33(15-18)17(2)29-24/h8-11,18,20-21,28,30H,6-7,12-16H2,1-5H3/b9-8-,27-23+. The topological polar surface area (TPSA) is 60.7 Å². The first-order chi connectivity index (χ1) is 15.9. The number of halogens is 1. The molecular formula is C25H38FN7. The van der Waals surface area contributed by atoms with Gasteiger partial charge in [-0.15, -0.1) is 0 Å². The van der Waals surface area contributed by atoms with Crippen molar-refractivity contribution in [1.29, 1.82) is 0 Å². The lowest BCUT2D eigenvalue weighted by Crippen LogP contribution is -2.40. The van der Waals surface area contributed by atoms with E-state index in [9.17, 15) is 4.39 Å². The molecule has 4 rings (SSSR count). The number of rotatable bonds is 2. The van der Waals surface area contributed by atoms with E-state index in [0.29, 0.717) is 23.5 Å². The van der Waals surface area contributed by atoms with E-state index in [2.05, 4.69) is 39.2 Å². The van der Waals surface area contributed by atoms with Gasteiger partial charge in [0.2, 0.25) is 0 Å². The predicted octanol–water partition coefficient (Wildman–Crippen LogP) is 2.95. The molecule has 1 saturated heterocycles. The van der Waals surface area contributed by atoms with Crippen molar-refractivity contribution in [3.8, 4) is 0 Å². The van der Waals surface area contributed by atoms with Crippen LogP contribution in [0.3, 0.4) is 0 Å². The molecule has 3 unspecified atom stereocenters. The molecule has 2 aliphatic rings. The second-order valence-corrected chi connectivity index (χ2v) is 9.67. The molecule has 3 heterocycles. The number of nitrogens with zero attached hydrogens (tertiary/aromatic N) is 5. The highest BCUT2D eigenvalue weighted by Gasteiger charge is 2.27. The summed E-state index contributed by atoms with van der Waals surface area (Å²) in [5.41, 5.74) is 6.74. The molecule has 2 aromatic rings. The maximum atomic E-state index is 14.6. The molecule has 2 aliphatic heterocycles. The number of fused-ring (bicyclic) bond motifs is 2. The number of benzene rings is 1. The lowest BCUT2D eigenvalue weighted by molar-refractivity contribution is 0.228. The first kappa shape index (κ1) is 23.9. The maximum absolute atomic E-state index is 14.6. The van der Waals surface area contributed by atoms with Crippen molar-refractivity contribution in [3.63, 3.8) is 0 Å². The van der Waals surface area contributed by atoms with E-state index in [1.165, 1.54) is 6.07 Å². The Morgan fingerprint density at radius 3 is 2.76 bits per heavy atom. The summed E-state index contributed by atoms with van der Waals surface area (Å²) in [6.45, 7) is 8.13. The minimum atomic E-state index is -0.287. The fourth-order valence-corrected chi connectivity index (χ4v) is 5.42. The molecule has 0 radical (unpaired) electrons. The third-order valence-corrected chi connectivity index (χ3v) is 6.82. The van der Waals surface area contributed by atoms with Crippen molar-refractivity contribution in [2.24, 2.45) is 10.9 Å². The summed E-state index contributed by atoms with van der Waals surface area (Å²) >= 11 is 0. The van der Waals surface area contributed by atoms with Crippen LogP contribution < -0.4 is 10.7 Å². The summed E-state index contributed by atoms with van der Waals surface area (Å²) in [5, 5.41) is 5.65. The Hall–Kier alpha value is -2.29. The quantitative estimate of drug-likeness (QED) is 0.729. The van der Waals surface area contributed by atoms with E-state index in [1.54, 1.807) is 13.1 Å². The van der Waals surface area contributed by atoms with Crippen molar-refractivity contribution in [2.75, 3.05) is 40.8 Å². The van der Waals surface area contributed by atoms with Gasteiger partial charge in [-0.25, -0.2) is 14.8 Å². The molecule has 0 amide bonds. The molecule has 0 spiro atoms. The summed E-state index contributed by atoms with van der Waals surface area (Å²) in [5.74, 6) is 1.12. The molecule has 0 aliphatic carbocycles. The van der Waals surface area contributed by atoms with Gasteiger partial charge < -0.3 is 19.8 Å². The highest BCUT2D eigenvalue weighted by Crippen LogP contribution is 2.26. The van der Waals surface area contributed by atoms with Gasteiger partial charge in [0.05, 0.1) is 16.7 Å². The van der Waals surface area contributed by atoms with Crippen molar-refractivity contribution in [2.45, 2.75) is 51.7 Å². The van der Waals surface area contributed by atoms with E-state index in [4.69, 9.17) is 4.98 Å². The Morgan fingerprint density at radius 2 is 2.00 bits per heavy atom. The van der Waals surface area contributed by atoms with Gasteiger partial charge in [0, 0.05) is 70.2 Å². The van der Waals surface area contributed by atoms with Gasteiger partial charge >= 0.3 is 0 Å². The average molecular weight is 456 g/mol. The number of hydrogen-bond acceptors (Lipinski definition) is 6. The Morgan fingerprint density at radius 1 is 1.18 bits per heavy atom. The number of aliphatic imine (C=N–C) groups is 1. The molecule has 1 fully saturated rings. The lowest BCUT2D eigenvalue weighted by Gasteiger charge is -2.27. The average Bonchev–Trinajstić information content (AvgIpc) is 3.31. The van der Waals surface area contributed by atoms with E-state index in [-0.39, 0.29) is 5.82 Å². The van der Waals surface area contributed by atoms with Crippen LogP contribution in [-0.4, -0.2) is 78.0 Å². The Balaban J connectivity index is 1.80. The summed E-state index contributed by atoms with van der Waals surface area (Å²) < 4.78 is 16.9. The number of nitrogens with one attached hydrogen (secondary N) is 2. The number of hydrogen-bond donors (Lipinski definition) is 2. The second kappa shape index (κ2) is 10.3. The Bertz CT molecular complexity index is 1030. The van der Waals surface area contributed by atoms with Gasteiger partial charge in [0.25, 0.3) is 0 Å². The first-order valence-electron chi connectivity index (χ1n) is 12.1. The summed E-state index contributed by atoms with van der Waals surface area (Å²) in [4.78, 5) is 11.7. The molecule has 33 heavy (non-hydrogen) atoms. The molecule has 7 nitrogen and oxygen atoms in total.